The van der Waals surface area contributed by atoms with Crippen molar-refractivity contribution < 1.29 is 4.79 Å². The number of benzene rings is 1. The van der Waals surface area contributed by atoms with Gasteiger partial charge in [-0.15, -0.1) is 11.3 Å². The first-order valence-electron chi connectivity index (χ1n) is 7.52. The lowest BCUT2D eigenvalue weighted by atomic mass is 10.2. The number of para-hydroxylation sites is 2. The van der Waals surface area contributed by atoms with Gasteiger partial charge in [0.1, 0.15) is 0 Å². The van der Waals surface area contributed by atoms with E-state index >= 15 is 0 Å². The maximum Gasteiger partial charge on any atom is 0.220 e. The average molecular weight is 313 g/mol. The van der Waals surface area contributed by atoms with Crippen LogP contribution in [0.1, 0.15) is 17.7 Å². The average Bonchev–Trinajstić information content (AvgIpc) is 3.19. The summed E-state index contributed by atoms with van der Waals surface area (Å²) in [6.07, 6.45) is 4.17. The summed E-state index contributed by atoms with van der Waals surface area (Å²) >= 11 is 1.70. The number of rotatable bonds is 7. The first kappa shape index (κ1) is 14.8. The minimum Gasteiger partial charge on any atom is -0.356 e. The maximum absolute atomic E-state index is 11.8. The lowest BCUT2D eigenvalue weighted by Gasteiger charge is -2.06. The fourth-order valence-electron chi connectivity index (χ4n) is 2.45. The van der Waals surface area contributed by atoms with Gasteiger partial charge in [-0.3, -0.25) is 4.79 Å². The molecule has 0 radical (unpaired) electrons. The van der Waals surface area contributed by atoms with E-state index in [2.05, 4.69) is 27.0 Å². The van der Waals surface area contributed by atoms with Crippen LogP contribution in [0.15, 0.2) is 48.1 Å². The number of carbonyl (C=O) groups is 1. The molecule has 0 unspecified atom stereocenters. The van der Waals surface area contributed by atoms with E-state index in [9.17, 15) is 4.79 Å². The molecule has 0 fully saturated rings. The molecule has 0 aliphatic rings. The zero-order valence-corrected chi connectivity index (χ0v) is 13.2. The molecule has 3 aromatic rings. The van der Waals surface area contributed by atoms with Crippen LogP contribution in [0.5, 0.6) is 0 Å². The maximum atomic E-state index is 11.8. The highest BCUT2D eigenvalue weighted by Gasteiger charge is 2.04. The first-order chi connectivity index (χ1) is 10.8. The van der Waals surface area contributed by atoms with Gasteiger partial charge in [0.15, 0.2) is 0 Å². The summed E-state index contributed by atoms with van der Waals surface area (Å²) in [7, 11) is 0. The highest BCUT2D eigenvalue weighted by Crippen LogP contribution is 2.12. The molecule has 0 saturated heterocycles. The molecule has 114 valence electrons. The lowest BCUT2D eigenvalue weighted by Crippen LogP contribution is -2.25. The molecule has 22 heavy (non-hydrogen) atoms. The van der Waals surface area contributed by atoms with Crippen molar-refractivity contribution in [2.45, 2.75) is 25.8 Å². The van der Waals surface area contributed by atoms with E-state index in [1.807, 2.05) is 36.0 Å². The Morgan fingerprint density at radius 2 is 2.14 bits per heavy atom. The third kappa shape index (κ3) is 3.74. The van der Waals surface area contributed by atoms with Crippen molar-refractivity contribution in [1.29, 1.82) is 0 Å². The molecule has 0 atom stereocenters. The molecular formula is C17H19N3OS. The predicted molar refractivity (Wildman–Crippen MR) is 90.0 cm³/mol. The van der Waals surface area contributed by atoms with E-state index in [1.54, 1.807) is 11.3 Å². The molecule has 5 heteroatoms. The number of aryl methyl sites for hydroxylation is 2. The van der Waals surface area contributed by atoms with Gasteiger partial charge < -0.3 is 9.88 Å². The van der Waals surface area contributed by atoms with Crippen LogP contribution < -0.4 is 5.32 Å². The Bertz CT molecular complexity index is 733. The Labute approximate surface area is 133 Å². The molecule has 0 aliphatic heterocycles. The van der Waals surface area contributed by atoms with Gasteiger partial charge in [0.05, 0.1) is 17.4 Å². The Balaban J connectivity index is 1.39. The predicted octanol–water partition coefficient (Wildman–Crippen LogP) is 3.24. The Morgan fingerprint density at radius 1 is 1.23 bits per heavy atom. The van der Waals surface area contributed by atoms with Crippen LogP contribution in [0.3, 0.4) is 0 Å². The number of hydrogen-bond donors (Lipinski definition) is 1. The normalized spacial score (nSPS) is 10.9. The number of carbonyl (C=O) groups excluding carboxylic acids is 1. The van der Waals surface area contributed by atoms with Crippen molar-refractivity contribution in [3.63, 3.8) is 0 Å². The van der Waals surface area contributed by atoms with Crippen LogP contribution in [0.2, 0.25) is 0 Å². The SMILES string of the molecule is O=C(CCc1cccs1)NCCCn1cnc2ccccc21. The number of nitrogens with one attached hydrogen (secondary N) is 1. The zero-order chi connectivity index (χ0) is 15.2. The number of nitrogens with zero attached hydrogens (tertiary/aromatic N) is 2. The van der Waals surface area contributed by atoms with E-state index in [0.29, 0.717) is 13.0 Å². The van der Waals surface area contributed by atoms with Gasteiger partial charge in [-0.2, -0.15) is 0 Å². The Morgan fingerprint density at radius 3 is 3.00 bits per heavy atom. The second kappa shape index (κ2) is 7.22. The van der Waals surface area contributed by atoms with Crippen LogP contribution >= 0.6 is 11.3 Å². The van der Waals surface area contributed by atoms with E-state index in [4.69, 9.17) is 0 Å². The first-order valence-corrected chi connectivity index (χ1v) is 8.40. The molecule has 0 bridgehead atoms. The number of aromatic nitrogens is 2. The quantitative estimate of drug-likeness (QED) is 0.681. The fourth-order valence-corrected chi connectivity index (χ4v) is 3.15. The van der Waals surface area contributed by atoms with E-state index in [-0.39, 0.29) is 5.91 Å². The third-order valence-electron chi connectivity index (χ3n) is 3.60. The van der Waals surface area contributed by atoms with Gasteiger partial charge in [0, 0.05) is 24.4 Å². The minimum atomic E-state index is 0.129. The number of hydrogen-bond acceptors (Lipinski definition) is 3. The molecule has 1 amide bonds. The van der Waals surface area contributed by atoms with E-state index in [1.165, 1.54) is 4.88 Å². The van der Waals surface area contributed by atoms with Crippen molar-refractivity contribution in [2.24, 2.45) is 0 Å². The molecule has 2 aromatic heterocycles. The van der Waals surface area contributed by atoms with Gasteiger partial charge in [-0.05, 0) is 36.4 Å². The standard InChI is InChI=1S/C17H19N3OS/c21-17(9-8-14-5-3-12-22-14)18-10-4-11-20-13-19-15-6-1-2-7-16(15)20/h1-3,5-7,12-13H,4,8-11H2,(H,18,21). The molecule has 1 aromatic carbocycles. The highest BCUT2D eigenvalue weighted by molar-refractivity contribution is 7.09. The highest BCUT2D eigenvalue weighted by atomic mass is 32.1. The summed E-state index contributed by atoms with van der Waals surface area (Å²) < 4.78 is 2.13. The van der Waals surface area contributed by atoms with Crippen LogP contribution in [0.4, 0.5) is 0 Å². The fraction of sp³-hybridized carbons (Fsp3) is 0.294. The van der Waals surface area contributed by atoms with Crippen LogP contribution in [-0.2, 0) is 17.8 Å². The lowest BCUT2D eigenvalue weighted by molar-refractivity contribution is -0.121. The third-order valence-corrected chi connectivity index (χ3v) is 4.54. The van der Waals surface area contributed by atoms with Crippen molar-refractivity contribution in [3.05, 3.63) is 53.0 Å². The van der Waals surface area contributed by atoms with Gasteiger partial charge in [0.25, 0.3) is 0 Å². The van der Waals surface area contributed by atoms with E-state index < -0.39 is 0 Å². The summed E-state index contributed by atoms with van der Waals surface area (Å²) in [6, 6.07) is 12.2. The second-order valence-electron chi connectivity index (χ2n) is 5.21. The molecule has 0 spiro atoms. The van der Waals surface area contributed by atoms with Gasteiger partial charge >= 0.3 is 0 Å². The Hall–Kier alpha value is -2.14. The number of imidazole rings is 1. The molecule has 0 aliphatic carbocycles. The molecule has 1 N–H and O–H groups in total. The smallest absolute Gasteiger partial charge is 0.220 e. The number of thiophene rings is 1. The van der Waals surface area contributed by atoms with Gasteiger partial charge in [-0.25, -0.2) is 4.98 Å². The van der Waals surface area contributed by atoms with Crippen LogP contribution in [0, 0.1) is 0 Å². The molecular weight excluding hydrogens is 294 g/mol. The second-order valence-corrected chi connectivity index (χ2v) is 6.24. The zero-order valence-electron chi connectivity index (χ0n) is 12.4. The largest absolute Gasteiger partial charge is 0.356 e. The monoisotopic (exact) mass is 313 g/mol. The van der Waals surface area contributed by atoms with Crippen molar-refractivity contribution in [1.82, 2.24) is 14.9 Å². The minimum absolute atomic E-state index is 0.129. The van der Waals surface area contributed by atoms with Crippen molar-refractivity contribution in [2.75, 3.05) is 6.54 Å². The summed E-state index contributed by atoms with van der Waals surface area (Å²) in [4.78, 5) is 17.4. The van der Waals surface area contributed by atoms with E-state index in [0.717, 1.165) is 30.4 Å². The topological polar surface area (TPSA) is 46.9 Å². The van der Waals surface area contributed by atoms with Crippen LogP contribution in [0.25, 0.3) is 11.0 Å². The van der Waals surface area contributed by atoms with Crippen molar-refractivity contribution >= 4 is 28.3 Å². The Kier molecular flexibility index (Phi) is 4.85. The summed E-state index contributed by atoms with van der Waals surface area (Å²) in [5.74, 6) is 0.129. The molecule has 4 nitrogen and oxygen atoms in total. The molecule has 0 saturated carbocycles. The summed E-state index contributed by atoms with van der Waals surface area (Å²) in [5.41, 5.74) is 2.16. The van der Waals surface area contributed by atoms with Gasteiger partial charge in [0.2, 0.25) is 5.91 Å². The van der Waals surface area contributed by atoms with Gasteiger partial charge in [-0.1, -0.05) is 18.2 Å². The molecule has 2 heterocycles. The number of fused-ring (bicyclic) bond motifs is 1. The van der Waals surface area contributed by atoms with Crippen LogP contribution in [-0.4, -0.2) is 22.0 Å². The summed E-state index contributed by atoms with van der Waals surface area (Å²) in [6.45, 7) is 1.57. The molecule has 3 rings (SSSR count). The van der Waals surface area contributed by atoms with Crippen molar-refractivity contribution in [3.8, 4) is 0 Å². The number of amides is 1. The summed E-state index contributed by atoms with van der Waals surface area (Å²) in [5, 5.41) is 5.03.